The van der Waals surface area contributed by atoms with Crippen molar-refractivity contribution in [3.8, 4) is 0 Å². The smallest absolute Gasteiger partial charge is 0.257 e. The molecule has 2 aromatic rings. The lowest BCUT2D eigenvalue weighted by atomic mass is 10.3. The first kappa shape index (κ1) is 13.2. The molecule has 3 nitrogen and oxygen atoms in total. The summed E-state index contributed by atoms with van der Waals surface area (Å²) in [7, 11) is 0. The van der Waals surface area contributed by atoms with Gasteiger partial charge in [0.1, 0.15) is 0 Å². The molecule has 0 aliphatic carbocycles. The van der Waals surface area contributed by atoms with Gasteiger partial charge in [0, 0.05) is 24.3 Å². The molecule has 0 radical (unpaired) electrons. The Balaban J connectivity index is 1.84. The highest BCUT2D eigenvalue weighted by Gasteiger charge is 2.03. The summed E-state index contributed by atoms with van der Waals surface area (Å²) in [5.41, 5.74) is 2.20. The molecule has 0 saturated carbocycles. The molecule has 0 bridgehead atoms. The van der Waals surface area contributed by atoms with Crippen LogP contribution in [0.1, 0.15) is 11.1 Å². The zero-order valence-corrected chi connectivity index (χ0v) is 10.9. The van der Waals surface area contributed by atoms with Crippen LogP contribution in [-0.2, 0) is 18.2 Å². The second-order valence-electron chi connectivity index (χ2n) is 4.16. The maximum atomic E-state index is 5.63. The molecule has 0 saturated heterocycles. The van der Waals surface area contributed by atoms with Gasteiger partial charge in [-0.15, -0.1) is 0 Å². The first-order valence-electron chi connectivity index (χ1n) is 6.12. The highest BCUT2D eigenvalue weighted by Crippen LogP contribution is 1.96. The van der Waals surface area contributed by atoms with Crippen LogP contribution in [0.2, 0.25) is 0 Å². The lowest BCUT2D eigenvalue weighted by Gasteiger charge is -1.99. The Kier molecular flexibility index (Phi) is 4.59. The second kappa shape index (κ2) is 6.61. The molecule has 3 heteroatoms. The van der Waals surface area contributed by atoms with Crippen molar-refractivity contribution in [3.63, 3.8) is 0 Å². The van der Waals surface area contributed by atoms with Crippen molar-refractivity contribution in [2.24, 2.45) is 0 Å². The molecular weight excluding hydrogens is 236 g/mol. The Morgan fingerprint density at radius 3 is 1.47 bits per heavy atom. The number of pyridine rings is 2. The topological polar surface area (TPSA) is 17.0 Å². The largest absolute Gasteiger partial charge is 0.262 e. The molecule has 0 atom stereocenters. The molecule has 2 aromatic heterocycles. The first-order chi connectivity index (χ1) is 9.31. The maximum absolute atomic E-state index is 5.63. The molecule has 96 valence electrons. The summed E-state index contributed by atoms with van der Waals surface area (Å²) >= 11 is 0. The quantitative estimate of drug-likeness (QED) is 0.722. The number of nitrogens with zero attached hydrogens (tertiary/aromatic N) is 2. The summed E-state index contributed by atoms with van der Waals surface area (Å²) < 4.78 is 9.58. The maximum Gasteiger partial charge on any atom is 0.257 e. The average molecular weight is 254 g/mol. The van der Waals surface area contributed by atoms with Gasteiger partial charge in [-0.25, -0.2) is 0 Å². The Labute approximate surface area is 113 Å². The molecule has 2 heterocycles. The highest BCUT2D eigenvalue weighted by atomic mass is 16.5. The van der Waals surface area contributed by atoms with Gasteiger partial charge in [-0.05, 0) is 11.1 Å². The summed E-state index contributed by atoms with van der Waals surface area (Å²) in [6, 6.07) is 8.01. The molecule has 0 unspecified atom stereocenters. The van der Waals surface area contributed by atoms with Crippen molar-refractivity contribution >= 4 is 12.2 Å². The molecule has 0 amide bonds. The lowest BCUT2D eigenvalue weighted by Crippen LogP contribution is -2.40. The molecule has 0 spiro atoms. The van der Waals surface area contributed by atoms with E-state index in [0.29, 0.717) is 13.5 Å². The number of rotatable bonds is 6. The number of hydrogen-bond donors (Lipinski definition) is 0. The minimum atomic E-state index is 0.521. The van der Waals surface area contributed by atoms with E-state index in [1.54, 1.807) is 0 Å². The standard InChI is InChI=1S/C16H18N2O/c1-3-15-5-9-17(10-6-15)13-19-14-18-11-7-16(4-2)8-12-18/h3-12H,1-2,13-14H2/q+2. The Morgan fingerprint density at radius 1 is 0.789 bits per heavy atom. The van der Waals surface area contributed by atoms with Crippen molar-refractivity contribution in [2.75, 3.05) is 0 Å². The third-order valence-corrected chi connectivity index (χ3v) is 2.79. The van der Waals surface area contributed by atoms with Crippen molar-refractivity contribution in [1.82, 2.24) is 0 Å². The summed E-state index contributed by atoms with van der Waals surface area (Å²) in [4.78, 5) is 0. The van der Waals surface area contributed by atoms with E-state index in [1.165, 1.54) is 0 Å². The predicted molar refractivity (Wildman–Crippen MR) is 74.5 cm³/mol. The fourth-order valence-electron chi connectivity index (χ4n) is 1.63. The molecule has 0 fully saturated rings. The van der Waals surface area contributed by atoms with E-state index in [9.17, 15) is 0 Å². The van der Waals surface area contributed by atoms with E-state index >= 15 is 0 Å². The van der Waals surface area contributed by atoms with Crippen molar-refractivity contribution in [1.29, 1.82) is 0 Å². The van der Waals surface area contributed by atoms with Gasteiger partial charge in [0.15, 0.2) is 24.8 Å². The van der Waals surface area contributed by atoms with Gasteiger partial charge >= 0.3 is 0 Å². The van der Waals surface area contributed by atoms with Crippen LogP contribution in [0.3, 0.4) is 0 Å². The highest BCUT2D eigenvalue weighted by molar-refractivity contribution is 5.44. The van der Waals surface area contributed by atoms with Crippen LogP contribution < -0.4 is 9.13 Å². The minimum absolute atomic E-state index is 0.521. The van der Waals surface area contributed by atoms with Crippen molar-refractivity contribution in [2.45, 2.75) is 13.5 Å². The zero-order valence-electron chi connectivity index (χ0n) is 10.9. The normalized spacial score (nSPS) is 10.1. The molecule has 0 aromatic carbocycles. The van der Waals surface area contributed by atoms with E-state index in [4.69, 9.17) is 4.74 Å². The van der Waals surface area contributed by atoms with Crippen LogP contribution >= 0.6 is 0 Å². The van der Waals surface area contributed by atoms with Crippen molar-refractivity contribution in [3.05, 3.63) is 73.3 Å². The Morgan fingerprint density at radius 2 is 1.16 bits per heavy atom. The van der Waals surface area contributed by atoms with Crippen LogP contribution in [-0.4, -0.2) is 0 Å². The number of aromatic nitrogens is 2. The van der Waals surface area contributed by atoms with Gasteiger partial charge in [0.2, 0.25) is 0 Å². The summed E-state index contributed by atoms with van der Waals surface area (Å²) in [5.74, 6) is 0. The molecule has 2 rings (SSSR count). The molecule has 0 N–H and O–H groups in total. The zero-order chi connectivity index (χ0) is 13.5. The summed E-state index contributed by atoms with van der Waals surface area (Å²) in [6.07, 6.45) is 11.5. The Bertz CT molecular complexity index is 492. The van der Waals surface area contributed by atoms with Crippen LogP contribution in [0.15, 0.2) is 62.2 Å². The van der Waals surface area contributed by atoms with E-state index in [2.05, 4.69) is 13.2 Å². The van der Waals surface area contributed by atoms with Gasteiger partial charge < -0.3 is 0 Å². The SMILES string of the molecule is C=Cc1cc[n+](COC[n+]2ccc(C=C)cc2)cc1. The second-order valence-corrected chi connectivity index (χ2v) is 4.16. The van der Waals surface area contributed by atoms with Gasteiger partial charge in [-0.3, -0.25) is 4.74 Å². The molecule has 19 heavy (non-hydrogen) atoms. The first-order valence-corrected chi connectivity index (χ1v) is 6.12. The van der Waals surface area contributed by atoms with E-state index < -0.39 is 0 Å². The Hall–Kier alpha value is -2.26. The van der Waals surface area contributed by atoms with Crippen LogP contribution in [0.4, 0.5) is 0 Å². The third-order valence-electron chi connectivity index (χ3n) is 2.79. The van der Waals surface area contributed by atoms with Crippen LogP contribution in [0.5, 0.6) is 0 Å². The van der Waals surface area contributed by atoms with E-state index in [0.717, 1.165) is 11.1 Å². The average Bonchev–Trinajstić information content (AvgIpc) is 2.49. The minimum Gasteiger partial charge on any atom is -0.262 e. The van der Waals surface area contributed by atoms with Gasteiger partial charge in [-0.1, -0.05) is 25.3 Å². The fraction of sp³-hybridized carbons (Fsp3) is 0.125. The van der Waals surface area contributed by atoms with Gasteiger partial charge in [0.05, 0.1) is 0 Å². The van der Waals surface area contributed by atoms with Crippen LogP contribution in [0, 0.1) is 0 Å². The lowest BCUT2D eigenvalue weighted by molar-refractivity contribution is -0.788. The molecule has 0 aliphatic heterocycles. The number of hydrogen-bond acceptors (Lipinski definition) is 1. The van der Waals surface area contributed by atoms with E-state index in [1.807, 2.05) is 70.3 Å². The van der Waals surface area contributed by atoms with Gasteiger partial charge in [-0.2, -0.15) is 9.13 Å². The predicted octanol–water partition coefficient (Wildman–Crippen LogP) is 2.18. The summed E-state index contributed by atoms with van der Waals surface area (Å²) in [5, 5.41) is 0. The third kappa shape index (κ3) is 3.86. The molecular formula is C16H18N2O+2. The number of ether oxygens (including phenoxy) is 1. The van der Waals surface area contributed by atoms with Crippen molar-refractivity contribution < 1.29 is 13.9 Å². The van der Waals surface area contributed by atoms with E-state index in [-0.39, 0.29) is 0 Å². The van der Waals surface area contributed by atoms with Gasteiger partial charge in [0.25, 0.3) is 13.5 Å². The van der Waals surface area contributed by atoms with Crippen LogP contribution in [0.25, 0.3) is 12.2 Å². The summed E-state index contributed by atoms with van der Waals surface area (Å²) in [6.45, 7) is 8.49. The monoisotopic (exact) mass is 254 g/mol. The molecule has 0 aliphatic rings. The fourth-order valence-corrected chi connectivity index (χ4v) is 1.63.